The molecule has 0 saturated heterocycles. The Morgan fingerprint density at radius 2 is 1.81 bits per heavy atom. The summed E-state index contributed by atoms with van der Waals surface area (Å²) >= 11 is 3.28. The molecule has 0 saturated carbocycles. The van der Waals surface area contributed by atoms with E-state index in [2.05, 4.69) is 15.9 Å². The zero-order valence-electron chi connectivity index (χ0n) is 14.2. The van der Waals surface area contributed by atoms with Crippen molar-refractivity contribution in [3.63, 3.8) is 0 Å². The maximum Gasteiger partial charge on any atom is 0.273 e. The smallest absolute Gasteiger partial charge is 0.273 e. The summed E-state index contributed by atoms with van der Waals surface area (Å²) in [6.07, 6.45) is 0. The van der Waals surface area contributed by atoms with Crippen LogP contribution in [0.3, 0.4) is 0 Å². The highest BCUT2D eigenvalue weighted by Crippen LogP contribution is 2.26. The minimum atomic E-state index is -0.689. The molecule has 3 aromatic rings. The molecular weight excluding hydrogens is 404 g/mol. The Kier molecular flexibility index (Phi) is 5.23. The van der Waals surface area contributed by atoms with Crippen molar-refractivity contribution >= 4 is 15.9 Å². The number of para-hydroxylation sites is 1. The molecule has 0 aliphatic carbocycles. The van der Waals surface area contributed by atoms with Crippen molar-refractivity contribution in [2.75, 3.05) is 0 Å². The summed E-state index contributed by atoms with van der Waals surface area (Å²) in [7, 11) is 0. The molecule has 2 aromatic carbocycles. The Morgan fingerprint density at radius 3 is 2.50 bits per heavy atom. The molecule has 0 amide bonds. The highest BCUT2D eigenvalue weighted by molar-refractivity contribution is 9.10. The number of hydrogen-bond donors (Lipinski definition) is 0. The first-order valence-electron chi connectivity index (χ1n) is 7.93. The molecule has 6 heteroatoms. The quantitative estimate of drug-likeness (QED) is 0.590. The molecule has 3 rings (SSSR count). The van der Waals surface area contributed by atoms with Crippen molar-refractivity contribution in [3.05, 3.63) is 91.8 Å². The Hall–Kier alpha value is -2.47. The van der Waals surface area contributed by atoms with Crippen LogP contribution in [0, 0.1) is 25.5 Å². The monoisotopic (exact) mass is 419 g/mol. The molecular formula is C20H16BrF2NO2. The number of ether oxygens (including phenoxy) is 1. The lowest BCUT2D eigenvalue weighted by atomic mass is 10.2. The molecule has 26 heavy (non-hydrogen) atoms. The van der Waals surface area contributed by atoms with Gasteiger partial charge in [0.1, 0.15) is 28.5 Å². The van der Waals surface area contributed by atoms with E-state index in [1.54, 1.807) is 17.6 Å². The van der Waals surface area contributed by atoms with Crippen molar-refractivity contribution in [3.8, 4) is 11.4 Å². The molecule has 1 heterocycles. The Balaban J connectivity index is 1.96. The van der Waals surface area contributed by atoms with Gasteiger partial charge in [0.15, 0.2) is 0 Å². The maximum absolute atomic E-state index is 13.7. The highest BCUT2D eigenvalue weighted by atomic mass is 79.9. The lowest BCUT2D eigenvalue weighted by Crippen LogP contribution is -2.22. The van der Waals surface area contributed by atoms with Crippen LogP contribution >= 0.6 is 15.9 Å². The largest absolute Gasteiger partial charge is 0.487 e. The van der Waals surface area contributed by atoms with Crippen molar-refractivity contribution in [2.45, 2.75) is 20.5 Å². The molecule has 0 radical (unpaired) electrons. The minimum Gasteiger partial charge on any atom is -0.487 e. The number of halogens is 3. The first-order chi connectivity index (χ1) is 12.4. The molecule has 3 nitrogen and oxygen atoms in total. The molecule has 0 aliphatic heterocycles. The summed E-state index contributed by atoms with van der Waals surface area (Å²) in [5, 5.41) is 0. The molecule has 0 spiro atoms. The topological polar surface area (TPSA) is 31.2 Å². The number of benzene rings is 2. The van der Waals surface area contributed by atoms with Crippen LogP contribution in [0.2, 0.25) is 0 Å². The van der Waals surface area contributed by atoms with Crippen LogP contribution in [0.5, 0.6) is 5.75 Å². The Morgan fingerprint density at radius 1 is 1.08 bits per heavy atom. The molecule has 0 atom stereocenters. The van der Waals surface area contributed by atoms with E-state index in [9.17, 15) is 13.6 Å². The molecule has 1 aromatic heterocycles. The third kappa shape index (κ3) is 3.55. The van der Waals surface area contributed by atoms with E-state index >= 15 is 0 Å². The second-order valence-corrected chi connectivity index (χ2v) is 6.71. The third-order valence-electron chi connectivity index (χ3n) is 4.05. The van der Waals surface area contributed by atoms with Gasteiger partial charge < -0.3 is 4.74 Å². The first-order valence-corrected chi connectivity index (χ1v) is 8.72. The fraction of sp³-hybridized carbons (Fsp3) is 0.150. The number of aryl methyl sites for hydroxylation is 2. The number of rotatable bonds is 4. The Labute approximate surface area is 158 Å². The molecule has 0 N–H and O–H groups in total. The predicted octanol–water partition coefficient (Wildman–Crippen LogP) is 5.07. The fourth-order valence-electron chi connectivity index (χ4n) is 2.69. The summed E-state index contributed by atoms with van der Waals surface area (Å²) in [4.78, 5) is 12.8. The number of hydrogen-bond acceptors (Lipinski definition) is 2. The number of nitrogens with zero attached hydrogens (tertiary/aromatic N) is 1. The first kappa shape index (κ1) is 18.3. The van der Waals surface area contributed by atoms with Gasteiger partial charge in [-0.15, -0.1) is 0 Å². The van der Waals surface area contributed by atoms with Gasteiger partial charge in [0.2, 0.25) is 0 Å². The van der Waals surface area contributed by atoms with Crippen LogP contribution in [-0.2, 0) is 6.61 Å². The summed E-state index contributed by atoms with van der Waals surface area (Å²) in [5.74, 6) is -1.03. The van der Waals surface area contributed by atoms with Crippen LogP contribution in [0.1, 0.15) is 16.8 Å². The zero-order chi connectivity index (χ0) is 18.8. The van der Waals surface area contributed by atoms with Crippen molar-refractivity contribution in [1.29, 1.82) is 0 Å². The number of pyridine rings is 1. The van der Waals surface area contributed by atoms with E-state index in [0.717, 1.165) is 23.4 Å². The van der Waals surface area contributed by atoms with E-state index in [0.29, 0.717) is 11.4 Å². The standard InChI is InChI=1S/C20H16BrF2NO2/c1-12-5-3-4-6-17(12)24-13(2)9-18(19(21)20(24)25)26-11-14-7-8-15(22)10-16(14)23/h3-10H,11H2,1-2H3. The molecule has 0 fully saturated rings. The SMILES string of the molecule is Cc1ccccc1-n1c(C)cc(OCc2ccc(F)cc2F)c(Br)c1=O. The summed E-state index contributed by atoms with van der Waals surface area (Å²) in [5.41, 5.74) is 2.37. The lowest BCUT2D eigenvalue weighted by molar-refractivity contribution is 0.296. The van der Waals surface area contributed by atoms with Gasteiger partial charge in [0.25, 0.3) is 5.56 Å². The van der Waals surface area contributed by atoms with Gasteiger partial charge in [-0.05, 0) is 53.5 Å². The van der Waals surface area contributed by atoms with Crippen LogP contribution in [0.15, 0.2) is 57.8 Å². The highest BCUT2D eigenvalue weighted by Gasteiger charge is 2.15. The summed E-state index contributed by atoms with van der Waals surface area (Å²) in [6.45, 7) is 3.61. The van der Waals surface area contributed by atoms with E-state index in [1.165, 1.54) is 6.07 Å². The van der Waals surface area contributed by atoms with Crippen molar-refractivity contribution in [2.24, 2.45) is 0 Å². The van der Waals surface area contributed by atoms with E-state index < -0.39 is 11.6 Å². The van der Waals surface area contributed by atoms with Crippen LogP contribution in [0.25, 0.3) is 5.69 Å². The maximum atomic E-state index is 13.7. The van der Waals surface area contributed by atoms with Gasteiger partial charge >= 0.3 is 0 Å². The van der Waals surface area contributed by atoms with Gasteiger partial charge in [-0.25, -0.2) is 8.78 Å². The Bertz CT molecular complexity index is 1030. The van der Waals surface area contributed by atoms with Gasteiger partial charge in [-0.2, -0.15) is 0 Å². The summed E-state index contributed by atoms with van der Waals surface area (Å²) in [6, 6.07) is 12.6. The lowest BCUT2D eigenvalue weighted by Gasteiger charge is -2.16. The predicted molar refractivity (Wildman–Crippen MR) is 99.9 cm³/mol. The van der Waals surface area contributed by atoms with Gasteiger partial charge in [0, 0.05) is 23.4 Å². The second kappa shape index (κ2) is 7.41. The third-order valence-corrected chi connectivity index (χ3v) is 4.78. The minimum absolute atomic E-state index is 0.113. The van der Waals surface area contributed by atoms with E-state index in [-0.39, 0.29) is 22.2 Å². The van der Waals surface area contributed by atoms with Gasteiger partial charge in [0.05, 0.1) is 5.69 Å². The molecule has 0 aliphatic rings. The number of aromatic nitrogens is 1. The average Bonchev–Trinajstić information content (AvgIpc) is 2.60. The van der Waals surface area contributed by atoms with E-state index in [1.807, 2.05) is 31.2 Å². The van der Waals surface area contributed by atoms with Crippen molar-refractivity contribution < 1.29 is 13.5 Å². The van der Waals surface area contributed by atoms with Gasteiger partial charge in [-0.1, -0.05) is 18.2 Å². The molecule has 134 valence electrons. The van der Waals surface area contributed by atoms with Crippen LogP contribution in [0.4, 0.5) is 8.78 Å². The van der Waals surface area contributed by atoms with Crippen molar-refractivity contribution in [1.82, 2.24) is 4.57 Å². The molecule has 0 bridgehead atoms. The van der Waals surface area contributed by atoms with Gasteiger partial charge in [-0.3, -0.25) is 9.36 Å². The van der Waals surface area contributed by atoms with Crippen LogP contribution < -0.4 is 10.3 Å². The zero-order valence-corrected chi connectivity index (χ0v) is 15.8. The fourth-order valence-corrected chi connectivity index (χ4v) is 3.10. The average molecular weight is 420 g/mol. The normalized spacial score (nSPS) is 10.8. The van der Waals surface area contributed by atoms with E-state index in [4.69, 9.17) is 4.74 Å². The summed E-state index contributed by atoms with van der Waals surface area (Å²) < 4.78 is 34.2. The second-order valence-electron chi connectivity index (χ2n) is 5.92. The molecule has 0 unspecified atom stereocenters. The van der Waals surface area contributed by atoms with Crippen LogP contribution in [-0.4, -0.2) is 4.57 Å².